The number of aliphatic carboxylic acids is 1. The topological polar surface area (TPSA) is 98.0 Å². The third-order valence-corrected chi connectivity index (χ3v) is 9.07. The van der Waals surface area contributed by atoms with Crippen LogP contribution in [0.3, 0.4) is 0 Å². The first-order valence-corrected chi connectivity index (χ1v) is 13.7. The highest BCUT2D eigenvalue weighted by molar-refractivity contribution is 5.66. The Labute approximate surface area is 217 Å². The van der Waals surface area contributed by atoms with Gasteiger partial charge in [-0.3, -0.25) is 4.79 Å². The van der Waals surface area contributed by atoms with Crippen molar-refractivity contribution in [3.63, 3.8) is 0 Å². The third-order valence-electron chi connectivity index (χ3n) is 9.07. The van der Waals surface area contributed by atoms with Crippen LogP contribution in [0.25, 0.3) is 0 Å². The fourth-order valence-electron chi connectivity index (χ4n) is 7.17. The minimum atomic E-state index is -0.946. The van der Waals surface area contributed by atoms with Gasteiger partial charge in [-0.2, -0.15) is 0 Å². The molecule has 0 saturated heterocycles. The van der Waals surface area contributed by atoms with E-state index in [0.717, 1.165) is 18.4 Å². The number of aliphatic hydroxyl groups is 3. The van der Waals surface area contributed by atoms with E-state index in [-0.39, 0.29) is 17.8 Å². The maximum atomic E-state index is 10.8. The van der Waals surface area contributed by atoms with Gasteiger partial charge in [0, 0.05) is 18.8 Å². The molecule has 7 atom stereocenters. The lowest BCUT2D eigenvalue weighted by Gasteiger charge is -2.44. The van der Waals surface area contributed by atoms with E-state index < -0.39 is 23.8 Å². The molecule has 4 N–H and O–H groups in total. The summed E-state index contributed by atoms with van der Waals surface area (Å²) in [6, 6.07) is 0. The second kappa shape index (κ2) is 11.7. The predicted molar refractivity (Wildman–Crippen MR) is 143 cm³/mol. The molecule has 3 aliphatic rings. The summed E-state index contributed by atoms with van der Waals surface area (Å²) < 4.78 is 0. The molecule has 0 heterocycles. The second-order valence-electron chi connectivity index (χ2n) is 12.3. The van der Waals surface area contributed by atoms with E-state index in [2.05, 4.69) is 44.4 Å². The number of aliphatic hydroxyl groups excluding tert-OH is 2. The Morgan fingerprint density at radius 1 is 1.28 bits per heavy atom. The van der Waals surface area contributed by atoms with Crippen LogP contribution in [0.4, 0.5) is 0 Å². The van der Waals surface area contributed by atoms with Gasteiger partial charge in [0.25, 0.3) is 0 Å². The fraction of sp³-hybridized carbons (Fsp3) is 0.710. The van der Waals surface area contributed by atoms with Gasteiger partial charge in [0.1, 0.15) is 5.60 Å². The summed E-state index contributed by atoms with van der Waals surface area (Å²) in [7, 11) is 0. The molecule has 0 unspecified atom stereocenters. The van der Waals surface area contributed by atoms with Crippen molar-refractivity contribution in [2.45, 2.75) is 110 Å². The first-order valence-electron chi connectivity index (χ1n) is 13.7. The SMILES string of the molecule is C=C1/C(=C\C=C2/CCC[C@]3(C)[C@@H]([C@H](C)CC#CC(C)(C)O)CC[C@@H]23)C[C@@H](O)[C@H](CCCC(=O)O)[C@@H]1O. The summed E-state index contributed by atoms with van der Waals surface area (Å²) in [6.07, 6.45) is 10.8. The van der Waals surface area contributed by atoms with Crippen molar-refractivity contribution in [2.24, 2.45) is 29.1 Å². The average molecular weight is 499 g/mol. The number of allylic oxidation sites excluding steroid dienone is 3. The second-order valence-corrected chi connectivity index (χ2v) is 12.3. The zero-order valence-electron chi connectivity index (χ0n) is 22.6. The van der Waals surface area contributed by atoms with Crippen molar-refractivity contribution in [1.82, 2.24) is 0 Å². The Balaban J connectivity index is 1.70. The van der Waals surface area contributed by atoms with Crippen molar-refractivity contribution in [3.05, 3.63) is 35.5 Å². The summed E-state index contributed by atoms with van der Waals surface area (Å²) in [4.78, 5) is 10.8. The minimum absolute atomic E-state index is 0.0446. The van der Waals surface area contributed by atoms with Crippen LogP contribution in [-0.4, -0.2) is 44.2 Å². The molecule has 3 aliphatic carbocycles. The van der Waals surface area contributed by atoms with Gasteiger partial charge in [0.15, 0.2) is 0 Å². The number of carboxylic acids is 1. The van der Waals surface area contributed by atoms with Crippen molar-refractivity contribution >= 4 is 5.97 Å². The first kappa shape index (κ1) is 28.7. The third kappa shape index (κ3) is 6.71. The molecule has 0 amide bonds. The number of carbonyl (C=O) groups is 1. The Morgan fingerprint density at radius 2 is 2.00 bits per heavy atom. The highest BCUT2D eigenvalue weighted by Gasteiger charge is 2.50. The maximum Gasteiger partial charge on any atom is 0.303 e. The van der Waals surface area contributed by atoms with Crippen LogP contribution in [0.5, 0.6) is 0 Å². The van der Waals surface area contributed by atoms with Crippen LogP contribution in [0.15, 0.2) is 35.5 Å². The highest BCUT2D eigenvalue weighted by atomic mass is 16.4. The van der Waals surface area contributed by atoms with Gasteiger partial charge < -0.3 is 20.4 Å². The maximum absolute atomic E-state index is 10.8. The predicted octanol–water partition coefficient (Wildman–Crippen LogP) is 5.41. The molecule has 3 saturated carbocycles. The molecular weight excluding hydrogens is 452 g/mol. The molecule has 0 aliphatic heterocycles. The molecule has 3 fully saturated rings. The lowest BCUT2D eigenvalue weighted by molar-refractivity contribution is -0.137. The van der Waals surface area contributed by atoms with E-state index in [9.17, 15) is 20.1 Å². The molecule has 200 valence electrons. The van der Waals surface area contributed by atoms with Crippen LogP contribution in [0.2, 0.25) is 0 Å². The van der Waals surface area contributed by atoms with E-state index in [1.54, 1.807) is 13.8 Å². The molecule has 36 heavy (non-hydrogen) atoms. The lowest BCUT2D eigenvalue weighted by Crippen LogP contribution is -2.38. The fourth-order valence-corrected chi connectivity index (χ4v) is 7.17. The molecule has 0 radical (unpaired) electrons. The van der Waals surface area contributed by atoms with E-state index >= 15 is 0 Å². The normalized spacial score (nSPS) is 35.9. The van der Waals surface area contributed by atoms with Gasteiger partial charge in [-0.25, -0.2) is 0 Å². The average Bonchev–Trinajstić information content (AvgIpc) is 3.14. The molecular formula is C31H46O5. The standard InChI is InChI=1S/C31H46O5/c1-20(9-7-17-30(3,4)36)25-15-16-26-22(10-8-18-31(25,26)5)13-14-23-19-27(32)24(29(35)21(23)2)11-6-12-28(33)34/h13-14,20,24-27,29,32,35-36H,2,6,8-12,15-16,18-19H2,1,3-5H3,(H,33,34)/b22-13+,23-14-/t20-,24+,25-,26+,27-,29-,31-/m1/s1. The molecule has 0 aromatic heterocycles. The van der Waals surface area contributed by atoms with Crippen molar-refractivity contribution < 1.29 is 25.2 Å². The molecule has 5 heteroatoms. The van der Waals surface area contributed by atoms with Crippen LogP contribution in [0.1, 0.15) is 91.9 Å². The van der Waals surface area contributed by atoms with Gasteiger partial charge in [-0.15, -0.1) is 5.92 Å². The summed E-state index contributed by atoms with van der Waals surface area (Å²) in [5.74, 6) is 6.59. The molecule has 0 spiro atoms. The van der Waals surface area contributed by atoms with Crippen LogP contribution in [-0.2, 0) is 4.79 Å². The highest BCUT2D eigenvalue weighted by Crippen LogP contribution is 2.59. The number of fused-ring (bicyclic) bond motifs is 1. The van der Waals surface area contributed by atoms with Gasteiger partial charge in [-0.05, 0) is 99.5 Å². The Hall–Kier alpha value is -1.87. The van der Waals surface area contributed by atoms with Gasteiger partial charge >= 0.3 is 5.97 Å². The van der Waals surface area contributed by atoms with Gasteiger partial charge in [-0.1, -0.05) is 44.1 Å². The largest absolute Gasteiger partial charge is 0.481 e. The minimum Gasteiger partial charge on any atom is -0.481 e. The zero-order chi connectivity index (χ0) is 26.7. The molecule has 3 rings (SSSR count). The summed E-state index contributed by atoms with van der Waals surface area (Å²) >= 11 is 0. The molecule has 0 aromatic rings. The van der Waals surface area contributed by atoms with Crippen molar-refractivity contribution in [2.75, 3.05) is 0 Å². The van der Waals surface area contributed by atoms with Crippen LogP contribution >= 0.6 is 0 Å². The number of hydrogen-bond acceptors (Lipinski definition) is 4. The number of rotatable bonds is 7. The number of carboxylic acid groups (broad SMARTS) is 1. The molecule has 0 bridgehead atoms. The quantitative estimate of drug-likeness (QED) is 0.352. The van der Waals surface area contributed by atoms with Crippen LogP contribution < -0.4 is 0 Å². The lowest BCUT2D eigenvalue weighted by atomic mass is 9.61. The summed E-state index contributed by atoms with van der Waals surface area (Å²) in [5.41, 5.74) is 2.32. The first-order chi connectivity index (χ1) is 16.8. The van der Waals surface area contributed by atoms with Gasteiger partial charge in [0.05, 0.1) is 12.2 Å². The van der Waals surface area contributed by atoms with Gasteiger partial charge in [0.2, 0.25) is 0 Å². The summed E-state index contributed by atoms with van der Waals surface area (Å²) in [5, 5.41) is 40.3. The van der Waals surface area contributed by atoms with Crippen molar-refractivity contribution in [3.8, 4) is 11.8 Å². The van der Waals surface area contributed by atoms with Crippen LogP contribution in [0, 0.1) is 40.9 Å². The van der Waals surface area contributed by atoms with E-state index in [0.29, 0.717) is 42.6 Å². The molecule has 5 nitrogen and oxygen atoms in total. The zero-order valence-corrected chi connectivity index (χ0v) is 22.6. The van der Waals surface area contributed by atoms with E-state index in [1.165, 1.54) is 31.3 Å². The number of hydrogen-bond donors (Lipinski definition) is 4. The molecule has 0 aromatic carbocycles. The van der Waals surface area contributed by atoms with Crippen molar-refractivity contribution in [1.29, 1.82) is 0 Å². The Bertz CT molecular complexity index is 942. The smallest absolute Gasteiger partial charge is 0.303 e. The summed E-state index contributed by atoms with van der Waals surface area (Å²) in [6.45, 7) is 12.3. The Kier molecular flexibility index (Phi) is 9.30. The Morgan fingerprint density at radius 3 is 2.67 bits per heavy atom. The van der Waals surface area contributed by atoms with E-state index in [1.807, 2.05) is 0 Å². The monoisotopic (exact) mass is 498 g/mol. The van der Waals surface area contributed by atoms with E-state index in [4.69, 9.17) is 5.11 Å².